The lowest BCUT2D eigenvalue weighted by molar-refractivity contribution is -0.132. The largest absolute Gasteiger partial charge is 0.336 e. The van der Waals surface area contributed by atoms with E-state index in [1.165, 1.54) is 0 Å². The molecule has 2 aliphatic rings. The third-order valence-corrected chi connectivity index (χ3v) is 4.90. The fourth-order valence-corrected chi connectivity index (χ4v) is 3.94. The van der Waals surface area contributed by atoms with Crippen LogP contribution < -0.4 is 0 Å². The standard InChI is InChI=1S/C9H12N2O3S/c10-5-8-7-3-1-2-4-11(7)9(12)6-15(8,13)14/h7-8H,1-4,6H2. The van der Waals surface area contributed by atoms with Gasteiger partial charge in [0, 0.05) is 6.54 Å². The van der Waals surface area contributed by atoms with E-state index in [4.69, 9.17) is 5.26 Å². The monoisotopic (exact) mass is 228 g/mol. The first-order valence-electron chi connectivity index (χ1n) is 4.97. The highest BCUT2D eigenvalue weighted by Crippen LogP contribution is 2.28. The van der Waals surface area contributed by atoms with Gasteiger partial charge in [-0.15, -0.1) is 0 Å². The number of piperidine rings is 1. The van der Waals surface area contributed by atoms with Gasteiger partial charge in [-0.05, 0) is 19.3 Å². The molecule has 5 nitrogen and oxygen atoms in total. The molecule has 0 aromatic heterocycles. The summed E-state index contributed by atoms with van der Waals surface area (Å²) in [6.45, 7) is 0.594. The first-order chi connectivity index (χ1) is 7.06. The second-order valence-electron chi connectivity index (χ2n) is 4.01. The summed E-state index contributed by atoms with van der Waals surface area (Å²) in [4.78, 5) is 13.1. The predicted octanol–water partition coefficient (Wildman–Crippen LogP) is -0.312. The van der Waals surface area contributed by atoms with Crippen molar-refractivity contribution in [3.8, 4) is 6.07 Å². The number of fused-ring (bicyclic) bond motifs is 1. The van der Waals surface area contributed by atoms with Crippen LogP contribution in [0.3, 0.4) is 0 Å². The lowest BCUT2D eigenvalue weighted by Crippen LogP contribution is -2.58. The first kappa shape index (κ1) is 10.4. The zero-order chi connectivity index (χ0) is 11.1. The molecule has 2 heterocycles. The lowest BCUT2D eigenvalue weighted by Gasteiger charge is -2.41. The zero-order valence-electron chi connectivity index (χ0n) is 8.22. The number of sulfone groups is 1. The summed E-state index contributed by atoms with van der Waals surface area (Å²) in [7, 11) is -3.55. The summed E-state index contributed by atoms with van der Waals surface area (Å²) in [5.74, 6) is -0.840. The molecule has 1 amide bonds. The Morgan fingerprint density at radius 3 is 2.80 bits per heavy atom. The van der Waals surface area contributed by atoms with Crippen molar-refractivity contribution in [3.63, 3.8) is 0 Å². The normalized spacial score (nSPS) is 34.3. The third-order valence-electron chi connectivity index (χ3n) is 3.06. The molecule has 6 heteroatoms. The Bertz CT molecular complexity index is 423. The Labute approximate surface area is 88.6 Å². The molecule has 2 fully saturated rings. The number of rotatable bonds is 0. The Morgan fingerprint density at radius 1 is 1.40 bits per heavy atom. The number of nitriles is 1. The number of hydrogen-bond donors (Lipinski definition) is 0. The van der Waals surface area contributed by atoms with E-state index in [1.54, 1.807) is 4.90 Å². The van der Waals surface area contributed by atoms with Crippen LogP contribution in [-0.2, 0) is 14.6 Å². The highest BCUT2D eigenvalue weighted by atomic mass is 32.2. The van der Waals surface area contributed by atoms with Gasteiger partial charge in [-0.1, -0.05) is 0 Å². The summed E-state index contributed by atoms with van der Waals surface area (Å²) in [5.41, 5.74) is 0. The van der Waals surface area contributed by atoms with E-state index in [0.717, 1.165) is 12.8 Å². The lowest BCUT2D eigenvalue weighted by atomic mass is 9.99. The summed E-state index contributed by atoms with van der Waals surface area (Å²) in [6, 6.07) is 1.42. The maximum absolute atomic E-state index is 11.6. The highest BCUT2D eigenvalue weighted by Gasteiger charge is 2.46. The smallest absolute Gasteiger partial charge is 0.238 e. The summed E-state index contributed by atoms with van der Waals surface area (Å²) < 4.78 is 23.2. The van der Waals surface area contributed by atoms with Gasteiger partial charge in [0.15, 0.2) is 15.1 Å². The first-order valence-corrected chi connectivity index (χ1v) is 6.68. The van der Waals surface area contributed by atoms with Crippen molar-refractivity contribution >= 4 is 15.7 Å². The van der Waals surface area contributed by atoms with E-state index in [9.17, 15) is 13.2 Å². The maximum Gasteiger partial charge on any atom is 0.238 e. The summed E-state index contributed by atoms with van der Waals surface area (Å²) in [5, 5.41) is 7.87. The average Bonchev–Trinajstić information content (AvgIpc) is 2.17. The second kappa shape index (κ2) is 3.49. The molecule has 0 aliphatic carbocycles. The molecule has 0 aromatic carbocycles. The molecule has 2 saturated heterocycles. The molecule has 0 spiro atoms. The Balaban J connectivity index is 2.37. The minimum atomic E-state index is -3.55. The van der Waals surface area contributed by atoms with Crippen molar-refractivity contribution in [2.75, 3.05) is 12.3 Å². The molecule has 2 atom stereocenters. The van der Waals surface area contributed by atoms with Gasteiger partial charge in [0.05, 0.1) is 12.1 Å². The summed E-state index contributed by atoms with van der Waals surface area (Å²) >= 11 is 0. The van der Waals surface area contributed by atoms with Gasteiger partial charge < -0.3 is 4.90 Å². The van der Waals surface area contributed by atoms with Crippen molar-refractivity contribution in [2.45, 2.75) is 30.6 Å². The topological polar surface area (TPSA) is 78.2 Å². The maximum atomic E-state index is 11.6. The quantitative estimate of drug-likeness (QED) is 0.569. The molecule has 82 valence electrons. The number of hydrogen-bond acceptors (Lipinski definition) is 4. The van der Waals surface area contributed by atoms with E-state index in [-0.39, 0.29) is 5.91 Å². The molecule has 0 bridgehead atoms. The van der Waals surface area contributed by atoms with Crippen LogP contribution in [0.25, 0.3) is 0 Å². The van der Waals surface area contributed by atoms with Crippen LogP contribution in [0.5, 0.6) is 0 Å². The van der Waals surface area contributed by atoms with Gasteiger partial charge in [0.2, 0.25) is 5.91 Å². The van der Waals surface area contributed by atoms with Crippen LogP contribution in [-0.4, -0.2) is 42.8 Å². The summed E-state index contributed by atoms with van der Waals surface area (Å²) in [6.07, 6.45) is 2.42. The van der Waals surface area contributed by atoms with Crippen LogP contribution in [0.15, 0.2) is 0 Å². The molecule has 2 rings (SSSR count). The van der Waals surface area contributed by atoms with E-state index >= 15 is 0 Å². The average molecular weight is 228 g/mol. The molecule has 2 unspecified atom stereocenters. The van der Waals surface area contributed by atoms with E-state index in [0.29, 0.717) is 13.0 Å². The van der Waals surface area contributed by atoms with E-state index in [1.807, 2.05) is 6.07 Å². The second-order valence-corrected chi connectivity index (χ2v) is 6.13. The highest BCUT2D eigenvalue weighted by molar-refractivity contribution is 7.93. The molecular formula is C9H12N2O3S. The van der Waals surface area contributed by atoms with Crippen molar-refractivity contribution in [2.24, 2.45) is 0 Å². The molecule has 0 saturated carbocycles. The third kappa shape index (κ3) is 1.61. The van der Waals surface area contributed by atoms with Gasteiger partial charge in [-0.3, -0.25) is 4.79 Å². The SMILES string of the molecule is N#CC1C2CCCCN2C(=O)CS1(=O)=O. The minimum Gasteiger partial charge on any atom is -0.336 e. The van der Waals surface area contributed by atoms with Crippen molar-refractivity contribution in [1.29, 1.82) is 5.26 Å². The molecule has 15 heavy (non-hydrogen) atoms. The number of carbonyl (C=O) groups is 1. The van der Waals surface area contributed by atoms with Gasteiger partial charge >= 0.3 is 0 Å². The molecular weight excluding hydrogens is 216 g/mol. The van der Waals surface area contributed by atoms with Gasteiger partial charge in [-0.2, -0.15) is 5.26 Å². The number of carbonyl (C=O) groups excluding carboxylic acids is 1. The molecule has 2 aliphatic heterocycles. The minimum absolute atomic E-state index is 0.341. The van der Waals surface area contributed by atoms with Gasteiger partial charge in [0.25, 0.3) is 0 Å². The van der Waals surface area contributed by atoms with Crippen LogP contribution >= 0.6 is 0 Å². The fraction of sp³-hybridized carbons (Fsp3) is 0.778. The number of nitrogens with zero attached hydrogens (tertiary/aromatic N) is 2. The van der Waals surface area contributed by atoms with E-state index < -0.39 is 26.9 Å². The van der Waals surface area contributed by atoms with Crippen LogP contribution in [0.4, 0.5) is 0 Å². The van der Waals surface area contributed by atoms with Crippen molar-refractivity contribution in [1.82, 2.24) is 4.90 Å². The van der Waals surface area contributed by atoms with Crippen molar-refractivity contribution < 1.29 is 13.2 Å². The zero-order valence-corrected chi connectivity index (χ0v) is 9.03. The van der Waals surface area contributed by atoms with Crippen molar-refractivity contribution in [3.05, 3.63) is 0 Å². The van der Waals surface area contributed by atoms with E-state index in [2.05, 4.69) is 0 Å². The molecule has 0 N–H and O–H groups in total. The Morgan fingerprint density at radius 2 is 2.13 bits per heavy atom. The Kier molecular flexibility index (Phi) is 2.43. The number of amides is 1. The fourth-order valence-electron chi connectivity index (χ4n) is 2.33. The molecule has 0 radical (unpaired) electrons. The van der Waals surface area contributed by atoms with Crippen LogP contribution in [0.2, 0.25) is 0 Å². The van der Waals surface area contributed by atoms with Gasteiger partial charge in [-0.25, -0.2) is 8.42 Å². The molecule has 0 aromatic rings. The Hall–Kier alpha value is -1.09. The van der Waals surface area contributed by atoms with Crippen LogP contribution in [0.1, 0.15) is 19.3 Å². The van der Waals surface area contributed by atoms with Gasteiger partial charge in [0.1, 0.15) is 5.75 Å². The van der Waals surface area contributed by atoms with Crippen LogP contribution in [0, 0.1) is 11.3 Å². The predicted molar refractivity (Wildman–Crippen MR) is 52.5 cm³/mol.